The van der Waals surface area contributed by atoms with Gasteiger partial charge in [-0.15, -0.1) is 0 Å². The lowest BCUT2D eigenvalue weighted by atomic mass is 10.00. The third-order valence-corrected chi connectivity index (χ3v) is 3.77. The number of rotatable bonds is 8. The molecular formula is C19H25N3O2. The fraction of sp³-hybridized carbons (Fsp3) is 0.368. The molecule has 1 aromatic carbocycles. The minimum Gasteiger partial charge on any atom is -0.492 e. The van der Waals surface area contributed by atoms with Crippen LogP contribution in [0.3, 0.4) is 0 Å². The molecule has 0 bridgehead atoms. The zero-order valence-electron chi connectivity index (χ0n) is 14.5. The molecule has 0 saturated carbocycles. The van der Waals surface area contributed by atoms with Crippen LogP contribution in [-0.4, -0.2) is 43.0 Å². The van der Waals surface area contributed by atoms with Crippen molar-refractivity contribution < 1.29 is 9.53 Å². The molecule has 1 aromatic heterocycles. The number of pyridine rings is 1. The number of nitrogens with one attached hydrogen (secondary N) is 1. The van der Waals surface area contributed by atoms with Gasteiger partial charge in [-0.1, -0.05) is 24.3 Å². The molecule has 1 atom stereocenters. The number of likely N-dealkylation sites (N-methyl/N-ethyl adjacent to an activating group) is 1. The van der Waals surface area contributed by atoms with Crippen LogP contribution in [0, 0.1) is 6.92 Å². The number of carbonyl (C=O) groups excluding carboxylic acids is 1. The summed E-state index contributed by atoms with van der Waals surface area (Å²) >= 11 is 0. The summed E-state index contributed by atoms with van der Waals surface area (Å²) in [5.74, 6) is 0.755. The molecule has 2 rings (SSSR count). The molecule has 24 heavy (non-hydrogen) atoms. The van der Waals surface area contributed by atoms with E-state index in [0.29, 0.717) is 13.2 Å². The summed E-state index contributed by atoms with van der Waals surface area (Å²) in [6, 6.07) is 11.4. The average molecular weight is 327 g/mol. The van der Waals surface area contributed by atoms with Gasteiger partial charge in [0.25, 0.3) is 0 Å². The molecule has 1 amide bonds. The Labute approximate surface area is 143 Å². The Balaban J connectivity index is 1.82. The van der Waals surface area contributed by atoms with Crippen LogP contribution in [0.5, 0.6) is 5.75 Å². The molecule has 0 saturated heterocycles. The second kappa shape index (κ2) is 9.03. The molecule has 0 spiro atoms. The van der Waals surface area contributed by atoms with Gasteiger partial charge in [0.1, 0.15) is 11.8 Å². The Morgan fingerprint density at radius 2 is 2.04 bits per heavy atom. The highest BCUT2D eigenvalue weighted by Gasteiger charge is 2.23. The maximum atomic E-state index is 12.6. The lowest BCUT2D eigenvalue weighted by Gasteiger charge is -2.25. The van der Waals surface area contributed by atoms with E-state index in [1.807, 2.05) is 62.3 Å². The first-order valence-electron chi connectivity index (χ1n) is 8.12. The highest BCUT2D eigenvalue weighted by Crippen LogP contribution is 2.21. The number of benzene rings is 1. The summed E-state index contributed by atoms with van der Waals surface area (Å²) in [6.07, 6.45) is 4.13. The largest absolute Gasteiger partial charge is 0.492 e. The van der Waals surface area contributed by atoms with Crippen molar-refractivity contribution in [1.82, 2.24) is 15.2 Å². The highest BCUT2D eigenvalue weighted by molar-refractivity contribution is 5.83. The lowest BCUT2D eigenvalue weighted by molar-refractivity contribution is -0.125. The van der Waals surface area contributed by atoms with Crippen LogP contribution in [0.2, 0.25) is 0 Å². The van der Waals surface area contributed by atoms with E-state index in [2.05, 4.69) is 10.3 Å². The quantitative estimate of drug-likeness (QED) is 0.757. The molecule has 0 aliphatic carbocycles. The number of carbonyl (C=O) groups is 1. The third kappa shape index (κ3) is 5.06. The molecule has 5 nitrogen and oxygen atoms in total. The van der Waals surface area contributed by atoms with Gasteiger partial charge < -0.3 is 10.1 Å². The van der Waals surface area contributed by atoms with Crippen molar-refractivity contribution in [3.05, 3.63) is 59.9 Å². The van der Waals surface area contributed by atoms with E-state index in [4.69, 9.17) is 4.74 Å². The van der Waals surface area contributed by atoms with Gasteiger partial charge in [0.05, 0.1) is 12.8 Å². The predicted molar refractivity (Wildman–Crippen MR) is 95.0 cm³/mol. The summed E-state index contributed by atoms with van der Waals surface area (Å²) in [6.45, 7) is 3.15. The Morgan fingerprint density at radius 3 is 2.71 bits per heavy atom. The first kappa shape index (κ1) is 17.9. The average Bonchev–Trinajstić information content (AvgIpc) is 2.57. The summed E-state index contributed by atoms with van der Waals surface area (Å²) < 4.78 is 5.58. The van der Waals surface area contributed by atoms with Crippen LogP contribution in [0.1, 0.15) is 23.6 Å². The van der Waals surface area contributed by atoms with Crippen molar-refractivity contribution in [2.24, 2.45) is 0 Å². The second-order valence-corrected chi connectivity index (χ2v) is 5.90. The molecular weight excluding hydrogens is 302 g/mol. The van der Waals surface area contributed by atoms with Crippen LogP contribution in [0.25, 0.3) is 0 Å². The molecule has 0 fully saturated rings. The van der Waals surface area contributed by atoms with Gasteiger partial charge in [-0.25, -0.2) is 0 Å². The van der Waals surface area contributed by atoms with Gasteiger partial charge in [0.15, 0.2) is 0 Å². The van der Waals surface area contributed by atoms with Gasteiger partial charge >= 0.3 is 0 Å². The molecule has 1 heterocycles. The molecule has 128 valence electrons. The number of hydrogen-bond donors (Lipinski definition) is 1. The Bertz CT molecular complexity index is 644. The summed E-state index contributed by atoms with van der Waals surface area (Å²) in [5, 5.41) is 3.00. The normalized spacial score (nSPS) is 12.0. The zero-order valence-corrected chi connectivity index (χ0v) is 14.5. The van der Waals surface area contributed by atoms with E-state index in [9.17, 15) is 4.79 Å². The van der Waals surface area contributed by atoms with E-state index in [1.165, 1.54) is 0 Å². The topological polar surface area (TPSA) is 54.5 Å². The molecule has 2 aromatic rings. The number of aryl methyl sites for hydroxylation is 1. The van der Waals surface area contributed by atoms with Crippen LogP contribution in [0.4, 0.5) is 0 Å². The first-order valence-corrected chi connectivity index (χ1v) is 8.12. The fourth-order valence-electron chi connectivity index (χ4n) is 2.55. The first-order chi connectivity index (χ1) is 11.6. The SMILES string of the molecule is Cc1ccccc1[C@H](C(=O)NCCCOc1cccnc1)N(C)C. The lowest BCUT2D eigenvalue weighted by Crippen LogP contribution is -2.38. The maximum absolute atomic E-state index is 12.6. The third-order valence-electron chi connectivity index (χ3n) is 3.77. The monoisotopic (exact) mass is 327 g/mol. The van der Waals surface area contributed by atoms with Crippen molar-refractivity contribution in [3.63, 3.8) is 0 Å². The minimum absolute atomic E-state index is 0.00989. The van der Waals surface area contributed by atoms with Crippen molar-refractivity contribution >= 4 is 5.91 Å². The molecule has 5 heteroatoms. The number of aromatic nitrogens is 1. The van der Waals surface area contributed by atoms with Gasteiger partial charge in [-0.2, -0.15) is 0 Å². The van der Waals surface area contributed by atoms with Crippen LogP contribution >= 0.6 is 0 Å². The second-order valence-electron chi connectivity index (χ2n) is 5.90. The zero-order chi connectivity index (χ0) is 17.4. The van der Waals surface area contributed by atoms with E-state index in [-0.39, 0.29) is 11.9 Å². The molecule has 0 radical (unpaired) electrons. The number of ether oxygens (including phenoxy) is 1. The summed E-state index contributed by atoms with van der Waals surface area (Å²) in [7, 11) is 3.84. The predicted octanol–water partition coefficient (Wildman–Crippen LogP) is 2.58. The van der Waals surface area contributed by atoms with Crippen LogP contribution in [0.15, 0.2) is 48.8 Å². The van der Waals surface area contributed by atoms with E-state index < -0.39 is 0 Å². The van der Waals surface area contributed by atoms with Crippen molar-refractivity contribution in [1.29, 1.82) is 0 Å². The van der Waals surface area contributed by atoms with Crippen LogP contribution in [-0.2, 0) is 4.79 Å². The van der Waals surface area contributed by atoms with Gasteiger partial charge in [-0.3, -0.25) is 14.7 Å². The molecule has 0 aliphatic rings. The summed E-state index contributed by atoms with van der Waals surface area (Å²) in [5.41, 5.74) is 2.15. The Morgan fingerprint density at radius 1 is 1.25 bits per heavy atom. The van der Waals surface area contributed by atoms with Crippen molar-refractivity contribution in [3.8, 4) is 5.75 Å². The minimum atomic E-state index is -0.287. The van der Waals surface area contributed by atoms with Crippen LogP contribution < -0.4 is 10.1 Å². The Kier molecular flexibility index (Phi) is 6.75. The molecule has 0 unspecified atom stereocenters. The summed E-state index contributed by atoms with van der Waals surface area (Å²) in [4.78, 5) is 18.5. The highest BCUT2D eigenvalue weighted by atomic mass is 16.5. The number of hydrogen-bond acceptors (Lipinski definition) is 4. The maximum Gasteiger partial charge on any atom is 0.241 e. The standard InChI is InChI=1S/C19H25N3O2/c1-15-8-4-5-10-17(15)18(22(2)3)19(23)21-12-7-13-24-16-9-6-11-20-14-16/h4-6,8-11,14,18H,7,12-13H2,1-3H3,(H,21,23)/t18-/m1/s1. The fourth-order valence-corrected chi connectivity index (χ4v) is 2.55. The smallest absolute Gasteiger partial charge is 0.241 e. The van der Waals surface area contributed by atoms with E-state index in [0.717, 1.165) is 23.3 Å². The van der Waals surface area contributed by atoms with E-state index in [1.54, 1.807) is 12.4 Å². The number of nitrogens with zero attached hydrogens (tertiary/aromatic N) is 2. The van der Waals surface area contributed by atoms with Crippen molar-refractivity contribution in [2.45, 2.75) is 19.4 Å². The number of amides is 1. The van der Waals surface area contributed by atoms with E-state index >= 15 is 0 Å². The van der Waals surface area contributed by atoms with Gasteiger partial charge in [-0.05, 0) is 50.7 Å². The van der Waals surface area contributed by atoms with Crippen molar-refractivity contribution in [2.75, 3.05) is 27.2 Å². The Hall–Kier alpha value is -2.40. The molecule has 0 aliphatic heterocycles. The molecule has 1 N–H and O–H groups in total. The van der Waals surface area contributed by atoms with Gasteiger partial charge in [0, 0.05) is 12.7 Å². The van der Waals surface area contributed by atoms with Gasteiger partial charge in [0.2, 0.25) is 5.91 Å².